The number of carbonyl (C=O) groups is 1. The van der Waals surface area contributed by atoms with Crippen LogP contribution in [0.25, 0.3) is 0 Å². The Morgan fingerprint density at radius 2 is 2.18 bits per heavy atom. The molecular formula is C11H12N4O2. The fraction of sp³-hybridized carbons (Fsp3) is 0.182. The molecule has 0 saturated carbocycles. The lowest BCUT2D eigenvalue weighted by atomic mass is 10.2. The summed E-state index contributed by atoms with van der Waals surface area (Å²) in [6.07, 6.45) is 2.86. The highest BCUT2D eigenvalue weighted by molar-refractivity contribution is 6.04. The van der Waals surface area contributed by atoms with E-state index in [-0.39, 0.29) is 5.91 Å². The number of nitrogens with one attached hydrogen (secondary N) is 1. The van der Waals surface area contributed by atoms with Crippen LogP contribution in [0.5, 0.6) is 0 Å². The zero-order chi connectivity index (χ0) is 12.4. The van der Waals surface area contributed by atoms with Crippen molar-refractivity contribution < 1.29 is 9.32 Å². The number of hydrogen-bond acceptors (Lipinski definition) is 5. The molecule has 0 unspecified atom stereocenters. The highest BCUT2D eigenvalue weighted by atomic mass is 16.5. The molecule has 3 N–H and O–H groups in total. The van der Waals surface area contributed by atoms with Gasteiger partial charge in [0.1, 0.15) is 17.1 Å². The van der Waals surface area contributed by atoms with Crippen LogP contribution in [0, 0.1) is 13.8 Å². The van der Waals surface area contributed by atoms with Gasteiger partial charge < -0.3 is 15.6 Å². The fourth-order valence-corrected chi connectivity index (χ4v) is 1.42. The van der Waals surface area contributed by atoms with E-state index in [0.717, 1.165) is 5.56 Å². The van der Waals surface area contributed by atoms with E-state index in [1.54, 1.807) is 13.0 Å². The van der Waals surface area contributed by atoms with Crippen molar-refractivity contribution in [3.63, 3.8) is 0 Å². The van der Waals surface area contributed by atoms with Crippen molar-refractivity contribution in [3.8, 4) is 0 Å². The van der Waals surface area contributed by atoms with Gasteiger partial charge in [-0.05, 0) is 25.5 Å². The summed E-state index contributed by atoms with van der Waals surface area (Å²) >= 11 is 0. The molecule has 1 amide bonds. The first kappa shape index (κ1) is 11.1. The highest BCUT2D eigenvalue weighted by Crippen LogP contribution is 2.15. The Labute approximate surface area is 97.8 Å². The van der Waals surface area contributed by atoms with E-state index in [2.05, 4.69) is 15.5 Å². The van der Waals surface area contributed by atoms with Gasteiger partial charge in [-0.3, -0.25) is 4.79 Å². The van der Waals surface area contributed by atoms with Crippen molar-refractivity contribution in [1.82, 2.24) is 10.1 Å². The summed E-state index contributed by atoms with van der Waals surface area (Å²) in [6.45, 7) is 3.49. The third-order valence-corrected chi connectivity index (χ3v) is 2.33. The molecule has 0 spiro atoms. The third kappa shape index (κ3) is 2.25. The zero-order valence-electron chi connectivity index (χ0n) is 9.52. The topological polar surface area (TPSA) is 94.0 Å². The van der Waals surface area contributed by atoms with Gasteiger partial charge in [-0.15, -0.1) is 0 Å². The molecule has 0 aliphatic rings. The van der Waals surface area contributed by atoms with Crippen LogP contribution in [0.2, 0.25) is 0 Å². The molecule has 2 heterocycles. The Hall–Kier alpha value is -2.37. The van der Waals surface area contributed by atoms with Gasteiger partial charge in [0.2, 0.25) is 0 Å². The maximum Gasteiger partial charge on any atom is 0.262 e. The number of nitrogens with zero attached hydrogens (tertiary/aromatic N) is 2. The Balaban J connectivity index is 2.22. The molecule has 0 fully saturated rings. The van der Waals surface area contributed by atoms with Crippen molar-refractivity contribution in [2.75, 3.05) is 11.1 Å². The van der Waals surface area contributed by atoms with Crippen LogP contribution in [0.1, 0.15) is 21.7 Å². The minimum absolute atomic E-state index is 0.302. The third-order valence-electron chi connectivity index (χ3n) is 2.33. The summed E-state index contributed by atoms with van der Waals surface area (Å²) in [5.74, 6) is 0.643. The summed E-state index contributed by atoms with van der Waals surface area (Å²) in [6, 6.07) is 1.74. The van der Waals surface area contributed by atoms with Crippen molar-refractivity contribution in [3.05, 3.63) is 35.3 Å². The summed E-state index contributed by atoms with van der Waals surface area (Å²) in [4.78, 5) is 15.9. The first-order valence-electron chi connectivity index (χ1n) is 5.02. The molecule has 0 bridgehead atoms. The molecule has 0 saturated heterocycles. The van der Waals surface area contributed by atoms with Crippen LogP contribution in [-0.2, 0) is 0 Å². The number of carbonyl (C=O) groups excluding carboxylic acids is 1. The summed E-state index contributed by atoms with van der Waals surface area (Å²) in [7, 11) is 0. The Morgan fingerprint density at radius 1 is 1.41 bits per heavy atom. The Bertz CT molecular complexity index is 562. The number of amides is 1. The van der Waals surface area contributed by atoms with E-state index >= 15 is 0 Å². The van der Waals surface area contributed by atoms with E-state index in [9.17, 15) is 4.79 Å². The van der Waals surface area contributed by atoms with Crippen LogP contribution in [0.15, 0.2) is 23.0 Å². The van der Waals surface area contributed by atoms with Crippen LogP contribution >= 0.6 is 0 Å². The van der Waals surface area contributed by atoms with Gasteiger partial charge in [0.15, 0.2) is 0 Å². The molecule has 6 nitrogen and oxygen atoms in total. The number of aryl methyl sites for hydroxylation is 2. The average Bonchev–Trinajstić information content (AvgIpc) is 2.68. The fourth-order valence-electron chi connectivity index (χ4n) is 1.42. The van der Waals surface area contributed by atoms with E-state index in [1.807, 2.05) is 6.92 Å². The molecule has 0 aromatic carbocycles. The maximum absolute atomic E-state index is 11.9. The summed E-state index contributed by atoms with van der Waals surface area (Å²) < 4.78 is 4.82. The predicted octanol–water partition coefficient (Wildman–Crippen LogP) is 1.52. The van der Waals surface area contributed by atoms with Crippen LogP contribution in [0.4, 0.5) is 11.5 Å². The number of nitrogen functional groups attached to an aromatic ring is 1. The lowest BCUT2D eigenvalue weighted by molar-refractivity contribution is 0.102. The molecule has 88 valence electrons. The molecular weight excluding hydrogens is 220 g/mol. The SMILES string of the molecule is Cc1cc(N)cnc1NC(=O)c1cnoc1C. The Morgan fingerprint density at radius 3 is 2.76 bits per heavy atom. The van der Waals surface area contributed by atoms with Gasteiger partial charge in [0.05, 0.1) is 18.1 Å². The molecule has 2 aromatic rings. The van der Waals surface area contributed by atoms with Crippen molar-refractivity contribution in [2.24, 2.45) is 0 Å². The average molecular weight is 232 g/mol. The van der Waals surface area contributed by atoms with Crippen molar-refractivity contribution in [1.29, 1.82) is 0 Å². The van der Waals surface area contributed by atoms with Gasteiger partial charge in [-0.25, -0.2) is 4.98 Å². The quantitative estimate of drug-likeness (QED) is 0.818. The van der Waals surface area contributed by atoms with Gasteiger partial charge in [0.25, 0.3) is 5.91 Å². The molecule has 2 aromatic heterocycles. The van der Waals surface area contributed by atoms with Crippen LogP contribution in [0.3, 0.4) is 0 Å². The number of nitrogens with two attached hydrogens (primary N) is 1. The molecule has 0 aliphatic carbocycles. The predicted molar refractivity (Wildman–Crippen MR) is 62.6 cm³/mol. The van der Waals surface area contributed by atoms with Crippen LogP contribution < -0.4 is 11.1 Å². The van der Waals surface area contributed by atoms with Gasteiger partial charge in [0, 0.05) is 0 Å². The zero-order valence-corrected chi connectivity index (χ0v) is 9.52. The van der Waals surface area contributed by atoms with E-state index < -0.39 is 0 Å². The monoisotopic (exact) mass is 232 g/mol. The standard InChI is InChI=1S/C11H12N4O2/c1-6-3-8(12)4-13-10(6)15-11(16)9-5-14-17-7(9)2/h3-5H,12H2,1-2H3,(H,13,15,16). The molecule has 0 aliphatic heterocycles. The second kappa shape index (κ2) is 4.25. The van der Waals surface area contributed by atoms with E-state index in [1.165, 1.54) is 12.4 Å². The molecule has 0 atom stereocenters. The lowest BCUT2D eigenvalue weighted by Crippen LogP contribution is -2.14. The Kier molecular flexibility index (Phi) is 2.78. The van der Waals surface area contributed by atoms with Gasteiger partial charge >= 0.3 is 0 Å². The van der Waals surface area contributed by atoms with E-state index in [4.69, 9.17) is 10.3 Å². The highest BCUT2D eigenvalue weighted by Gasteiger charge is 2.14. The normalized spacial score (nSPS) is 10.2. The number of aromatic nitrogens is 2. The van der Waals surface area contributed by atoms with Gasteiger partial charge in [-0.1, -0.05) is 5.16 Å². The smallest absolute Gasteiger partial charge is 0.262 e. The number of rotatable bonds is 2. The summed E-state index contributed by atoms with van der Waals surface area (Å²) in [5, 5.41) is 6.22. The molecule has 17 heavy (non-hydrogen) atoms. The first-order chi connectivity index (χ1) is 8.08. The minimum atomic E-state index is -0.302. The largest absolute Gasteiger partial charge is 0.397 e. The van der Waals surface area contributed by atoms with Crippen LogP contribution in [-0.4, -0.2) is 16.0 Å². The van der Waals surface area contributed by atoms with Crippen molar-refractivity contribution >= 4 is 17.4 Å². The second-order valence-electron chi connectivity index (χ2n) is 3.68. The van der Waals surface area contributed by atoms with E-state index in [0.29, 0.717) is 22.8 Å². The second-order valence-corrected chi connectivity index (χ2v) is 3.68. The molecule has 0 radical (unpaired) electrons. The number of anilines is 2. The first-order valence-corrected chi connectivity index (χ1v) is 5.02. The molecule has 6 heteroatoms. The maximum atomic E-state index is 11.9. The minimum Gasteiger partial charge on any atom is -0.397 e. The van der Waals surface area contributed by atoms with Gasteiger partial charge in [-0.2, -0.15) is 0 Å². The number of hydrogen-bond donors (Lipinski definition) is 2. The number of pyridine rings is 1. The van der Waals surface area contributed by atoms with Crippen molar-refractivity contribution in [2.45, 2.75) is 13.8 Å². The lowest BCUT2D eigenvalue weighted by Gasteiger charge is -2.06. The summed E-state index contributed by atoms with van der Waals surface area (Å²) in [5.41, 5.74) is 7.32. The molecule has 2 rings (SSSR count).